The van der Waals surface area contributed by atoms with Crippen LogP contribution in [0.3, 0.4) is 0 Å². The van der Waals surface area contributed by atoms with Crippen molar-refractivity contribution in [2.45, 2.75) is 20.0 Å². The molecule has 16 heavy (non-hydrogen) atoms. The fourth-order valence-electron chi connectivity index (χ4n) is 1.84. The number of hydrogen-bond donors (Lipinski definition) is 1. The van der Waals surface area contributed by atoms with E-state index >= 15 is 0 Å². The Kier molecular flexibility index (Phi) is 5.26. The predicted octanol–water partition coefficient (Wildman–Crippen LogP) is 2.96. The fraction of sp³-hybridized carbons (Fsp3) is 0.538. The molecule has 1 aromatic carbocycles. The molecule has 0 saturated carbocycles. The van der Waals surface area contributed by atoms with E-state index in [1.54, 1.807) is 0 Å². The molecular formula is C13H20ClNO. The monoisotopic (exact) mass is 241 g/mol. The molecule has 0 bridgehead atoms. The Balaban J connectivity index is 2.58. The van der Waals surface area contributed by atoms with Gasteiger partial charge in [-0.1, -0.05) is 43.6 Å². The molecule has 0 aliphatic rings. The van der Waals surface area contributed by atoms with Crippen LogP contribution in [0.25, 0.3) is 0 Å². The van der Waals surface area contributed by atoms with Gasteiger partial charge >= 0.3 is 0 Å². The second-order valence-corrected chi connectivity index (χ2v) is 5.06. The molecule has 0 spiro atoms. The first-order chi connectivity index (χ1) is 7.50. The average molecular weight is 242 g/mol. The molecule has 0 radical (unpaired) electrons. The summed E-state index contributed by atoms with van der Waals surface area (Å²) in [7, 11) is 2.01. The van der Waals surface area contributed by atoms with E-state index in [-0.39, 0.29) is 0 Å². The summed E-state index contributed by atoms with van der Waals surface area (Å²) in [5.41, 5.74) is 0.805. The fourth-order valence-corrected chi connectivity index (χ4v) is 2.10. The van der Waals surface area contributed by atoms with Gasteiger partial charge in [-0.3, -0.25) is 0 Å². The second kappa shape index (κ2) is 6.24. The Labute approximate surface area is 103 Å². The average Bonchev–Trinajstić information content (AvgIpc) is 2.16. The summed E-state index contributed by atoms with van der Waals surface area (Å²) in [6.07, 6.45) is -0.516. The van der Waals surface area contributed by atoms with E-state index in [1.165, 1.54) is 0 Å². The quantitative estimate of drug-likeness (QED) is 0.857. The van der Waals surface area contributed by atoms with Crippen LogP contribution in [0.1, 0.15) is 25.5 Å². The van der Waals surface area contributed by atoms with Gasteiger partial charge in [-0.25, -0.2) is 0 Å². The minimum Gasteiger partial charge on any atom is -0.387 e. The minimum absolute atomic E-state index is 0.516. The standard InChI is InChI=1S/C13H20ClNO/c1-10(2)8-15(3)9-13(16)11-6-4-5-7-12(11)14/h4-7,10,13,16H,8-9H2,1-3H3. The van der Waals surface area contributed by atoms with Gasteiger partial charge in [0.25, 0.3) is 0 Å². The van der Waals surface area contributed by atoms with Gasteiger partial charge in [0.05, 0.1) is 6.10 Å². The lowest BCUT2D eigenvalue weighted by molar-refractivity contribution is 0.121. The Morgan fingerprint density at radius 2 is 1.88 bits per heavy atom. The molecule has 1 unspecified atom stereocenters. The number of likely N-dealkylation sites (N-methyl/N-ethyl adjacent to an activating group) is 1. The molecule has 0 aliphatic heterocycles. The van der Waals surface area contributed by atoms with Gasteiger partial charge in [0.2, 0.25) is 0 Å². The summed E-state index contributed by atoms with van der Waals surface area (Å²) in [6, 6.07) is 7.45. The van der Waals surface area contributed by atoms with Crippen molar-refractivity contribution < 1.29 is 5.11 Å². The zero-order valence-corrected chi connectivity index (χ0v) is 10.9. The lowest BCUT2D eigenvalue weighted by Crippen LogP contribution is -2.28. The van der Waals surface area contributed by atoms with Crippen molar-refractivity contribution in [3.05, 3.63) is 34.9 Å². The molecule has 1 rings (SSSR count). The first kappa shape index (κ1) is 13.5. The van der Waals surface area contributed by atoms with Crippen molar-refractivity contribution in [1.82, 2.24) is 4.90 Å². The molecule has 0 fully saturated rings. The normalized spacial score (nSPS) is 13.4. The van der Waals surface area contributed by atoms with Gasteiger partial charge in [-0.15, -0.1) is 0 Å². The third-order valence-electron chi connectivity index (χ3n) is 2.43. The van der Waals surface area contributed by atoms with Crippen molar-refractivity contribution >= 4 is 11.6 Å². The van der Waals surface area contributed by atoms with Crippen LogP contribution in [0.15, 0.2) is 24.3 Å². The van der Waals surface area contributed by atoms with Gasteiger partial charge in [-0.05, 0) is 19.0 Å². The summed E-state index contributed by atoms with van der Waals surface area (Å²) >= 11 is 6.03. The second-order valence-electron chi connectivity index (χ2n) is 4.65. The van der Waals surface area contributed by atoms with Gasteiger partial charge in [-0.2, -0.15) is 0 Å². The molecule has 0 aliphatic carbocycles. The molecule has 0 saturated heterocycles. The molecule has 1 aromatic rings. The maximum atomic E-state index is 10.1. The van der Waals surface area contributed by atoms with E-state index in [0.29, 0.717) is 17.5 Å². The number of nitrogens with zero attached hydrogens (tertiary/aromatic N) is 1. The molecule has 0 heterocycles. The van der Waals surface area contributed by atoms with Crippen LogP contribution >= 0.6 is 11.6 Å². The number of benzene rings is 1. The molecule has 1 N–H and O–H groups in total. The van der Waals surface area contributed by atoms with Crippen molar-refractivity contribution in [2.24, 2.45) is 5.92 Å². The maximum Gasteiger partial charge on any atom is 0.0931 e. The van der Waals surface area contributed by atoms with Crippen LogP contribution in [-0.2, 0) is 0 Å². The van der Waals surface area contributed by atoms with Crippen LogP contribution in [0, 0.1) is 5.92 Å². The first-order valence-corrected chi connectivity index (χ1v) is 5.99. The highest BCUT2D eigenvalue weighted by Gasteiger charge is 2.13. The Hall–Kier alpha value is -0.570. The number of aliphatic hydroxyl groups is 1. The molecule has 0 aromatic heterocycles. The highest BCUT2D eigenvalue weighted by Crippen LogP contribution is 2.23. The Morgan fingerprint density at radius 3 is 2.44 bits per heavy atom. The number of hydrogen-bond acceptors (Lipinski definition) is 2. The smallest absolute Gasteiger partial charge is 0.0931 e. The number of aliphatic hydroxyl groups excluding tert-OH is 1. The highest BCUT2D eigenvalue weighted by atomic mass is 35.5. The number of halogens is 1. The molecular weight excluding hydrogens is 222 g/mol. The van der Waals surface area contributed by atoms with E-state index in [0.717, 1.165) is 12.1 Å². The maximum absolute atomic E-state index is 10.1. The summed E-state index contributed by atoms with van der Waals surface area (Å²) in [5.74, 6) is 0.600. The van der Waals surface area contributed by atoms with Crippen molar-refractivity contribution in [3.8, 4) is 0 Å². The van der Waals surface area contributed by atoms with Crippen molar-refractivity contribution in [1.29, 1.82) is 0 Å². The van der Waals surface area contributed by atoms with Crippen LogP contribution < -0.4 is 0 Å². The summed E-state index contributed by atoms with van der Waals surface area (Å²) in [5, 5.41) is 10.7. The SMILES string of the molecule is CC(C)CN(C)CC(O)c1ccccc1Cl. The summed E-state index contributed by atoms with van der Waals surface area (Å²) < 4.78 is 0. The van der Waals surface area contributed by atoms with Gasteiger partial charge in [0, 0.05) is 23.7 Å². The summed E-state index contributed by atoms with van der Waals surface area (Å²) in [4.78, 5) is 2.12. The summed E-state index contributed by atoms with van der Waals surface area (Å²) in [6.45, 7) is 5.92. The third kappa shape index (κ3) is 4.12. The van der Waals surface area contributed by atoms with Crippen LogP contribution in [0.4, 0.5) is 0 Å². The molecule has 0 amide bonds. The predicted molar refractivity (Wildman–Crippen MR) is 68.7 cm³/mol. The van der Waals surface area contributed by atoms with E-state index < -0.39 is 6.10 Å². The van der Waals surface area contributed by atoms with Crippen molar-refractivity contribution in [3.63, 3.8) is 0 Å². The van der Waals surface area contributed by atoms with Crippen molar-refractivity contribution in [2.75, 3.05) is 20.1 Å². The van der Waals surface area contributed by atoms with E-state index in [9.17, 15) is 5.11 Å². The Bertz CT molecular complexity index is 327. The largest absolute Gasteiger partial charge is 0.387 e. The Morgan fingerprint density at radius 1 is 1.25 bits per heavy atom. The van der Waals surface area contributed by atoms with Crippen LogP contribution in [0.5, 0.6) is 0 Å². The zero-order valence-electron chi connectivity index (χ0n) is 10.2. The van der Waals surface area contributed by atoms with E-state index in [4.69, 9.17) is 11.6 Å². The zero-order chi connectivity index (χ0) is 12.1. The number of rotatable bonds is 5. The van der Waals surface area contributed by atoms with E-state index in [1.807, 2.05) is 31.3 Å². The molecule has 3 heteroatoms. The lowest BCUT2D eigenvalue weighted by Gasteiger charge is -2.22. The molecule has 1 atom stereocenters. The third-order valence-corrected chi connectivity index (χ3v) is 2.77. The molecule has 2 nitrogen and oxygen atoms in total. The minimum atomic E-state index is -0.516. The van der Waals surface area contributed by atoms with Crippen LogP contribution in [-0.4, -0.2) is 30.1 Å². The highest BCUT2D eigenvalue weighted by molar-refractivity contribution is 6.31. The van der Waals surface area contributed by atoms with E-state index in [2.05, 4.69) is 18.7 Å². The van der Waals surface area contributed by atoms with Crippen LogP contribution in [0.2, 0.25) is 5.02 Å². The lowest BCUT2D eigenvalue weighted by atomic mass is 10.1. The van der Waals surface area contributed by atoms with Gasteiger partial charge < -0.3 is 10.0 Å². The van der Waals surface area contributed by atoms with Gasteiger partial charge in [0.1, 0.15) is 0 Å². The van der Waals surface area contributed by atoms with Gasteiger partial charge in [0.15, 0.2) is 0 Å². The first-order valence-electron chi connectivity index (χ1n) is 5.61. The molecule has 90 valence electrons. The topological polar surface area (TPSA) is 23.5 Å².